The van der Waals surface area contributed by atoms with Gasteiger partial charge in [0.05, 0.1) is 6.54 Å². The van der Waals surface area contributed by atoms with Crippen molar-refractivity contribution in [2.75, 3.05) is 6.54 Å². The van der Waals surface area contributed by atoms with Gasteiger partial charge in [0.1, 0.15) is 17.5 Å². The first-order valence-corrected chi connectivity index (χ1v) is 4.42. The van der Waals surface area contributed by atoms with E-state index < -0.39 is 11.6 Å². The summed E-state index contributed by atoms with van der Waals surface area (Å²) in [5.74, 6) is -0.594. The molecule has 0 saturated heterocycles. The Balaban J connectivity index is 2.33. The van der Waals surface area contributed by atoms with Gasteiger partial charge < -0.3 is 5.32 Å². The molecule has 1 unspecified atom stereocenters. The van der Waals surface area contributed by atoms with Gasteiger partial charge in [0.25, 0.3) is 0 Å². The van der Waals surface area contributed by atoms with Crippen molar-refractivity contribution in [2.45, 2.75) is 13.0 Å². The van der Waals surface area contributed by atoms with Crippen LogP contribution in [-0.4, -0.2) is 18.4 Å². The fourth-order valence-corrected chi connectivity index (χ4v) is 1.42. The summed E-state index contributed by atoms with van der Waals surface area (Å²) >= 11 is 0. The largest absolute Gasteiger partial charge is 0.366 e. The van der Waals surface area contributed by atoms with Crippen LogP contribution in [0.3, 0.4) is 0 Å². The molecule has 0 fully saturated rings. The molecule has 2 rings (SSSR count). The van der Waals surface area contributed by atoms with E-state index >= 15 is 0 Å². The van der Waals surface area contributed by atoms with E-state index in [9.17, 15) is 8.78 Å². The zero-order chi connectivity index (χ0) is 10.1. The molecule has 0 radical (unpaired) electrons. The summed E-state index contributed by atoms with van der Waals surface area (Å²) in [6, 6.07) is 3.62. The Morgan fingerprint density at radius 2 is 1.93 bits per heavy atom. The summed E-state index contributed by atoms with van der Waals surface area (Å²) in [6.45, 7) is 2.61. The highest BCUT2D eigenvalue weighted by Crippen LogP contribution is 2.10. The minimum atomic E-state index is -0.580. The van der Waals surface area contributed by atoms with Crippen LogP contribution < -0.4 is 5.32 Å². The van der Waals surface area contributed by atoms with Crippen LogP contribution in [0.1, 0.15) is 12.5 Å². The van der Waals surface area contributed by atoms with Gasteiger partial charge in [-0.3, -0.25) is 4.99 Å². The van der Waals surface area contributed by atoms with Gasteiger partial charge in [-0.05, 0) is 19.1 Å². The number of halogens is 2. The van der Waals surface area contributed by atoms with E-state index in [4.69, 9.17) is 0 Å². The standard InChI is InChI=1S/C10H10F2N2/c1-6-5-13-10(14-6)7-2-8(11)4-9(12)3-7/h2-4,6H,5H2,1H3,(H,13,14). The van der Waals surface area contributed by atoms with Crippen LogP contribution in [0.15, 0.2) is 23.2 Å². The van der Waals surface area contributed by atoms with Crippen LogP contribution >= 0.6 is 0 Å². The molecule has 1 atom stereocenters. The number of aliphatic imine (C=N–C) groups is 1. The Labute approximate surface area is 80.7 Å². The lowest BCUT2D eigenvalue weighted by Crippen LogP contribution is -2.27. The Morgan fingerprint density at radius 3 is 2.43 bits per heavy atom. The number of benzene rings is 1. The molecule has 1 aliphatic rings. The monoisotopic (exact) mass is 196 g/mol. The quantitative estimate of drug-likeness (QED) is 0.726. The van der Waals surface area contributed by atoms with Crippen molar-refractivity contribution >= 4 is 5.84 Å². The third-order valence-electron chi connectivity index (χ3n) is 2.04. The number of nitrogens with one attached hydrogen (secondary N) is 1. The lowest BCUT2D eigenvalue weighted by molar-refractivity contribution is 0.582. The smallest absolute Gasteiger partial charge is 0.128 e. The van der Waals surface area contributed by atoms with Crippen LogP contribution in [0.5, 0.6) is 0 Å². The molecule has 0 bridgehead atoms. The van der Waals surface area contributed by atoms with Crippen molar-refractivity contribution in [3.63, 3.8) is 0 Å². The van der Waals surface area contributed by atoms with E-state index in [1.165, 1.54) is 12.1 Å². The zero-order valence-corrected chi connectivity index (χ0v) is 7.72. The Bertz CT molecular complexity index is 367. The van der Waals surface area contributed by atoms with Crippen molar-refractivity contribution in [1.82, 2.24) is 5.32 Å². The van der Waals surface area contributed by atoms with Crippen LogP contribution in [0.2, 0.25) is 0 Å². The average molecular weight is 196 g/mol. The second kappa shape index (κ2) is 3.36. The third-order valence-corrected chi connectivity index (χ3v) is 2.04. The molecule has 1 aliphatic heterocycles. The van der Waals surface area contributed by atoms with E-state index in [0.717, 1.165) is 6.07 Å². The highest BCUT2D eigenvalue weighted by molar-refractivity contribution is 6.00. The first-order chi connectivity index (χ1) is 6.65. The molecule has 1 N–H and O–H groups in total. The summed E-state index contributed by atoms with van der Waals surface area (Å²) in [5, 5.41) is 3.04. The Morgan fingerprint density at radius 1 is 1.29 bits per heavy atom. The van der Waals surface area contributed by atoms with Crippen LogP contribution in [0.25, 0.3) is 0 Å². The highest BCUT2D eigenvalue weighted by Gasteiger charge is 2.15. The minimum Gasteiger partial charge on any atom is -0.366 e. The van der Waals surface area contributed by atoms with Crippen molar-refractivity contribution in [3.05, 3.63) is 35.4 Å². The molecule has 1 aromatic rings. The molecule has 1 aromatic carbocycles. The maximum Gasteiger partial charge on any atom is 0.128 e. The lowest BCUT2D eigenvalue weighted by atomic mass is 10.2. The van der Waals surface area contributed by atoms with Gasteiger partial charge in [0.15, 0.2) is 0 Å². The molecule has 74 valence electrons. The van der Waals surface area contributed by atoms with E-state index in [1.807, 2.05) is 6.92 Å². The van der Waals surface area contributed by atoms with Crippen molar-refractivity contribution in [2.24, 2.45) is 4.99 Å². The minimum absolute atomic E-state index is 0.233. The predicted octanol–water partition coefficient (Wildman–Crippen LogP) is 1.70. The summed E-state index contributed by atoms with van der Waals surface area (Å²) in [4.78, 5) is 4.14. The summed E-state index contributed by atoms with van der Waals surface area (Å²) in [6.07, 6.45) is 0. The van der Waals surface area contributed by atoms with Gasteiger partial charge >= 0.3 is 0 Å². The fourth-order valence-electron chi connectivity index (χ4n) is 1.42. The molecule has 0 amide bonds. The summed E-state index contributed by atoms with van der Waals surface area (Å²) in [7, 11) is 0. The number of nitrogens with zero attached hydrogens (tertiary/aromatic N) is 1. The molecule has 1 heterocycles. The number of rotatable bonds is 1. The first-order valence-electron chi connectivity index (χ1n) is 4.42. The Kier molecular flexibility index (Phi) is 2.19. The fraction of sp³-hybridized carbons (Fsp3) is 0.300. The third kappa shape index (κ3) is 1.73. The Hall–Kier alpha value is -1.45. The molecular formula is C10H10F2N2. The molecule has 2 nitrogen and oxygen atoms in total. The van der Waals surface area contributed by atoms with E-state index in [1.54, 1.807) is 0 Å². The van der Waals surface area contributed by atoms with Gasteiger partial charge in [0, 0.05) is 17.7 Å². The van der Waals surface area contributed by atoms with E-state index in [-0.39, 0.29) is 6.04 Å². The van der Waals surface area contributed by atoms with Crippen LogP contribution in [-0.2, 0) is 0 Å². The van der Waals surface area contributed by atoms with Gasteiger partial charge in [0.2, 0.25) is 0 Å². The molecular weight excluding hydrogens is 186 g/mol. The first kappa shape index (κ1) is 9.12. The SMILES string of the molecule is CC1CN=C(c2cc(F)cc(F)c2)N1. The topological polar surface area (TPSA) is 24.4 Å². The number of hydrogen-bond donors (Lipinski definition) is 1. The van der Waals surface area contributed by atoms with E-state index in [2.05, 4.69) is 10.3 Å². The zero-order valence-electron chi connectivity index (χ0n) is 7.72. The number of hydrogen-bond acceptors (Lipinski definition) is 2. The summed E-state index contributed by atoms with van der Waals surface area (Å²) < 4.78 is 25.7. The van der Waals surface area contributed by atoms with Crippen molar-refractivity contribution in [1.29, 1.82) is 0 Å². The van der Waals surface area contributed by atoms with Crippen LogP contribution in [0, 0.1) is 11.6 Å². The average Bonchev–Trinajstić information content (AvgIpc) is 2.50. The van der Waals surface area contributed by atoms with Crippen LogP contribution in [0.4, 0.5) is 8.78 Å². The maximum absolute atomic E-state index is 12.9. The molecule has 0 aliphatic carbocycles. The maximum atomic E-state index is 12.9. The van der Waals surface area contributed by atoms with Crippen molar-refractivity contribution < 1.29 is 8.78 Å². The van der Waals surface area contributed by atoms with Gasteiger partial charge in [-0.15, -0.1) is 0 Å². The normalized spacial score (nSPS) is 20.5. The molecule has 4 heteroatoms. The van der Waals surface area contributed by atoms with Gasteiger partial charge in [-0.2, -0.15) is 0 Å². The molecule has 0 saturated carbocycles. The summed E-state index contributed by atoms with van der Waals surface area (Å²) in [5.41, 5.74) is 0.465. The second-order valence-corrected chi connectivity index (χ2v) is 3.39. The molecule has 14 heavy (non-hydrogen) atoms. The van der Waals surface area contributed by atoms with Gasteiger partial charge in [-0.1, -0.05) is 0 Å². The number of amidine groups is 1. The lowest BCUT2D eigenvalue weighted by Gasteiger charge is -2.05. The van der Waals surface area contributed by atoms with Crippen molar-refractivity contribution in [3.8, 4) is 0 Å². The second-order valence-electron chi connectivity index (χ2n) is 3.39. The molecule has 0 aromatic heterocycles. The molecule has 0 spiro atoms. The van der Waals surface area contributed by atoms with E-state index in [0.29, 0.717) is 17.9 Å². The highest BCUT2D eigenvalue weighted by atomic mass is 19.1. The predicted molar refractivity (Wildman–Crippen MR) is 50.4 cm³/mol. The van der Waals surface area contributed by atoms with Gasteiger partial charge in [-0.25, -0.2) is 8.78 Å².